The Kier molecular flexibility index (Phi) is 5.44. The fourth-order valence-electron chi connectivity index (χ4n) is 1.83. The van der Waals surface area contributed by atoms with E-state index in [9.17, 15) is 4.79 Å². The molecule has 2 rings (SSSR count). The number of rotatable bonds is 6. The van der Waals surface area contributed by atoms with Crippen molar-refractivity contribution in [1.82, 2.24) is 0 Å². The first kappa shape index (κ1) is 14.4. The van der Waals surface area contributed by atoms with Gasteiger partial charge in [0.2, 0.25) is 5.91 Å². The predicted octanol–water partition coefficient (Wildman–Crippen LogP) is 4.15. The van der Waals surface area contributed by atoms with Crippen molar-refractivity contribution in [1.29, 1.82) is 0 Å². The summed E-state index contributed by atoms with van der Waals surface area (Å²) in [5.74, 6) is 0.419. The Balaban J connectivity index is 1.93. The van der Waals surface area contributed by atoms with E-state index in [-0.39, 0.29) is 5.91 Å². The Hall–Kier alpha value is -2.00. The molecule has 0 atom stereocenters. The second-order valence-electron chi connectivity index (χ2n) is 4.30. The highest BCUT2D eigenvalue weighted by Crippen LogP contribution is 2.19. The molecule has 20 heavy (non-hydrogen) atoms. The van der Waals surface area contributed by atoms with Gasteiger partial charge in [-0.2, -0.15) is 0 Å². The van der Waals surface area contributed by atoms with Crippen molar-refractivity contribution < 1.29 is 4.79 Å². The molecule has 0 aliphatic rings. The first-order chi connectivity index (χ1) is 9.79. The molecule has 0 radical (unpaired) electrons. The van der Waals surface area contributed by atoms with Crippen LogP contribution in [-0.4, -0.2) is 11.7 Å². The van der Waals surface area contributed by atoms with Gasteiger partial charge in [-0.25, -0.2) is 0 Å². The summed E-state index contributed by atoms with van der Waals surface area (Å²) in [6, 6.07) is 17.7. The smallest absolute Gasteiger partial charge is 0.234 e. The molecule has 2 aromatic carbocycles. The molecule has 0 bridgehead atoms. The van der Waals surface area contributed by atoms with Gasteiger partial charge in [0.05, 0.1) is 5.75 Å². The van der Waals surface area contributed by atoms with Gasteiger partial charge in [0.1, 0.15) is 0 Å². The highest BCUT2D eigenvalue weighted by molar-refractivity contribution is 8.00. The lowest BCUT2D eigenvalue weighted by Crippen LogP contribution is -2.15. The van der Waals surface area contributed by atoms with E-state index in [1.165, 1.54) is 11.8 Å². The first-order valence-corrected chi connectivity index (χ1v) is 7.44. The number of thioether (sulfide) groups is 1. The van der Waals surface area contributed by atoms with Gasteiger partial charge >= 0.3 is 0 Å². The third-order valence-electron chi connectivity index (χ3n) is 2.77. The van der Waals surface area contributed by atoms with E-state index < -0.39 is 0 Å². The van der Waals surface area contributed by atoms with Crippen LogP contribution >= 0.6 is 11.8 Å². The molecule has 0 heterocycles. The van der Waals surface area contributed by atoms with E-state index in [0.29, 0.717) is 5.75 Å². The summed E-state index contributed by atoms with van der Waals surface area (Å²) >= 11 is 1.53. The van der Waals surface area contributed by atoms with Crippen LogP contribution in [0.25, 0.3) is 0 Å². The molecule has 0 aliphatic carbocycles. The lowest BCUT2D eigenvalue weighted by molar-refractivity contribution is -0.113. The Morgan fingerprint density at radius 3 is 2.55 bits per heavy atom. The molecule has 0 saturated carbocycles. The minimum atomic E-state index is 0.00960. The van der Waals surface area contributed by atoms with Crippen molar-refractivity contribution in [2.45, 2.75) is 11.3 Å². The quantitative estimate of drug-likeness (QED) is 0.637. The molecule has 1 amide bonds. The molecule has 1 N–H and O–H groups in total. The van der Waals surface area contributed by atoms with Crippen molar-refractivity contribution in [3.05, 3.63) is 72.8 Å². The van der Waals surface area contributed by atoms with Crippen molar-refractivity contribution in [3.63, 3.8) is 0 Å². The number of para-hydroxylation sites is 1. The molecule has 2 nitrogen and oxygen atoms in total. The number of carbonyl (C=O) groups is 1. The number of hydrogen-bond donors (Lipinski definition) is 1. The first-order valence-electron chi connectivity index (χ1n) is 6.46. The second-order valence-corrected chi connectivity index (χ2v) is 5.35. The molecule has 0 spiro atoms. The summed E-state index contributed by atoms with van der Waals surface area (Å²) in [4.78, 5) is 13.1. The molecule has 0 saturated heterocycles. The van der Waals surface area contributed by atoms with Gasteiger partial charge in [-0.3, -0.25) is 4.79 Å². The molecule has 0 aliphatic heterocycles. The SMILES string of the molecule is C=CCc1ccccc1NC(=O)CSc1ccccc1. The van der Waals surface area contributed by atoms with Gasteiger partial charge in [-0.15, -0.1) is 18.3 Å². The van der Waals surface area contributed by atoms with Gasteiger partial charge in [0.15, 0.2) is 0 Å². The highest BCUT2D eigenvalue weighted by Gasteiger charge is 2.06. The molecule has 102 valence electrons. The summed E-state index contributed by atoms with van der Waals surface area (Å²) in [5.41, 5.74) is 1.95. The van der Waals surface area contributed by atoms with E-state index >= 15 is 0 Å². The molecule has 2 aromatic rings. The zero-order valence-corrected chi connectivity index (χ0v) is 12.0. The Morgan fingerprint density at radius 1 is 1.10 bits per heavy atom. The number of nitrogens with one attached hydrogen (secondary N) is 1. The molecule has 0 aromatic heterocycles. The standard InChI is InChI=1S/C17H17NOS/c1-2-8-14-9-6-7-12-16(14)18-17(19)13-20-15-10-4-3-5-11-15/h2-7,9-12H,1,8,13H2,(H,18,19). The van der Waals surface area contributed by atoms with Crippen LogP contribution in [0.5, 0.6) is 0 Å². The maximum Gasteiger partial charge on any atom is 0.234 e. The maximum absolute atomic E-state index is 12.0. The minimum absolute atomic E-state index is 0.00960. The number of anilines is 1. The summed E-state index contributed by atoms with van der Waals surface area (Å²) in [6.07, 6.45) is 2.59. The summed E-state index contributed by atoms with van der Waals surface area (Å²) in [5, 5.41) is 2.96. The normalized spacial score (nSPS) is 10.0. The van der Waals surface area contributed by atoms with Crippen LogP contribution in [0.3, 0.4) is 0 Å². The largest absolute Gasteiger partial charge is 0.325 e. The number of hydrogen-bond acceptors (Lipinski definition) is 2. The predicted molar refractivity (Wildman–Crippen MR) is 86.1 cm³/mol. The van der Waals surface area contributed by atoms with Crippen LogP contribution in [-0.2, 0) is 11.2 Å². The fourth-order valence-corrected chi connectivity index (χ4v) is 2.55. The van der Waals surface area contributed by atoms with E-state index in [4.69, 9.17) is 0 Å². The molecule has 3 heteroatoms. The van der Waals surface area contributed by atoms with Crippen LogP contribution in [0, 0.1) is 0 Å². The number of carbonyl (C=O) groups excluding carboxylic acids is 1. The number of allylic oxidation sites excluding steroid dienone is 1. The third-order valence-corrected chi connectivity index (χ3v) is 3.78. The average Bonchev–Trinajstić information content (AvgIpc) is 2.49. The van der Waals surface area contributed by atoms with Crippen molar-refractivity contribution in [2.24, 2.45) is 0 Å². The van der Waals surface area contributed by atoms with Crippen LogP contribution in [0.15, 0.2) is 72.1 Å². The van der Waals surface area contributed by atoms with Gasteiger partial charge in [-0.1, -0.05) is 42.5 Å². The zero-order chi connectivity index (χ0) is 14.2. The van der Waals surface area contributed by atoms with Crippen LogP contribution in [0.1, 0.15) is 5.56 Å². The third kappa shape index (κ3) is 4.28. The van der Waals surface area contributed by atoms with E-state index in [2.05, 4.69) is 11.9 Å². The van der Waals surface area contributed by atoms with Gasteiger partial charge in [0, 0.05) is 10.6 Å². The monoisotopic (exact) mass is 283 g/mol. The fraction of sp³-hybridized carbons (Fsp3) is 0.118. The molecular formula is C17H17NOS. The summed E-state index contributed by atoms with van der Waals surface area (Å²) in [7, 11) is 0. The Labute approximate surface area is 123 Å². The Bertz CT molecular complexity index is 581. The Morgan fingerprint density at radius 2 is 1.80 bits per heavy atom. The van der Waals surface area contributed by atoms with Gasteiger partial charge < -0.3 is 5.32 Å². The van der Waals surface area contributed by atoms with Gasteiger partial charge in [-0.05, 0) is 30.2 Å². The van der Waals surface area contributed by atoms with Gasteiger partial charge in [0.25, 0.3) is 0 Å². The van der Waals surface area contributed by atoms with Crippen LogP contribution in [0.4, 0.5) is 5.69 Å². The highest BCUT2D eigenvalue weighted by atomic mass is 32.2. The molecule has 0 unspecified atom stereocenters. The van der Waals surface area contributed by atoms with Crippen LogP contribution in [0.2, 0.25) is 0 Å². The van der Waals surface area contributed by atoms with E-state index in [1.807, 2.05) is 60.7 Å². The minimum Gasteiger partial charge on any atom is -0.325 e. The number of amides is 1. The zero-order valence-electron chi connectivity index (χ0n) is 11.2. The lowest BCUT2D eigenvalue weighted by Gasteiger charge is -2.09. The second kappa shape index (κ2) is 7.56. The van der Waals surface area contributed by atoms with Crippen molar-refractivity contribution >= 4 is 23.4 Å². The van der Waals surface area contributed by atoms with Crippen LogP contribution < -0.4 is 5.32 Å². The lowest BCUT2D eigenvalue weighted by atomic mass is 10.1. The summed E-state index contributed by atoms with van der Waals surface area (Å²) in [6.45, 7) is 3.74. The maximum atomic E-state index is 12.0. The topological polar surface area (TPSA) is 29.1 Å². The van der Waals surface area contributed by atoms with E-state index in [1.54, 1.807) is 0 Å². The van der Waals surface area contributed by atoms with Crippen molar-refractivity contribution in [3.8, 4) is 0 Å². The average molecular weight is 283 g/mol. The molecular weight excluding hydrogens is 266 g/mol. The van der Waals surface area contributed by atoms with Crippen molar-refractivity contribution in [2.75, 3.05) is 11.1 Å². The number of benzene rings is 2. The summed E-state index contributed by atoms with van der Waals surface area (Å²) < 4.78 is 0. The van der Waals surface area contributed by atoms with E-state index in [0.717, 1.165) is 22.6 Å². The molecule has 0 fully saturated rings.